The Morgan fingerprint density at radius 2 is 1.58 bits per heavy atom. The van der Waals surface area contributed by atoms with E-state index < -0.39 is 0 Å². The normalized spacial score (nSPS) is 14.4. The van der Waals surface area contributed by atoms with Crippen LogP contribution in [-0.4, -0.2) is 29.0 Å². The molecule has 136 valence electrons. The van der Waals surface area contributed by atoms with Crippen LogP contribution in [0.4, 0.5) is 11.4 Å². The van der Waals surface area contributed by atoms with Crippen LogP contribution in [0, 0.1) is 6.92 Å². The second-order valence-electron chi connectivity index (χ2n) is 6.70. The van der Waals surface area contributed by atoms with Crippen molar-refractivity contribution in [1.29, 1.82) is 0 Å². The average Bonchev–Trinajstić information content (AvgIpc) is 2.93. The van der Waals surface area contributed by atoms with Crippen LogP contribution in [0.25, 0.3) is 0 Å². The zero-order valence-corrected chi connectivity index (χ0v) is 15.9. The monoisotopic (exact) mass is 367 g/mol. The Bertz CT molecular complexity index is 765. The number of nitrogens with one attached hydrogen (secondary N) is 2. The molecule has 1 fully saturated rings. The van der Waals surface area contributed by atoms with Crippen molar-refractivity contribution < 1.29 is 4.79 Å². The third kappa shape index (κ3) is 4.82. The Labute approximate surface area is 160 Å². The maximum absolute atomic E-state index is 13.0. The van der Waals surface area contributed by atoms with Gasteiger partial charge in [-0.15, -0.1) is 0 Å². The van der Waals surface area contributed by atoms with Gasteiger partial charge in [-0.1, -0.05) is 42.7 Å². The van der Waals surface area contributed by atoms with E-state index in [1.165, 1.54) is 18.4 Å². The third-order valence-electron chi connectivity index (χ3n) is 4.61. The number of hydrogen-bond acceptors (Lipinski definition) is 2. The van der Waals surface area contributed by atoms with Crippen molar-refractivity contribution in [3.8, 4) is 0 Å². The number of thiocarbonyl (C=S) groups is 1. The lowest BCUT2D eigenvalue weighted by Crippen LogP contribution is -2.32. The summed E-state index contributed by atoms with van der Waals surface area (Å²) in [5.41, 5.74) is 3.53. The van der Waals surface area contributed by atoms with Crippen LogP contribution in [0.5, 0.6) is 0 Å². The highest BCUT2D eigenvalue weighted by atomic mass is 32.1. The fourth-order valence-corrected chi connectivity index (χ4v) is 3.37. The Morgan fingerprint density at radius 3 is 2.27 bits per heavy atom. The number of amides is 1. The molecule has 3 rings (SSSR count). The van der Waals surface area contributed by atoms with Crippen molar-refractivity contribution in [3.63, 3.8) is 0 Å². The molecule has 0 bridgehead atoms. The molecule has 0 unspecified atom stereocenters. The zero-order valence-electron chi connectivity index (χ0n) is 15.1. The predicted octanol–water partition coefficient (Wildman–Crippen LogP) is 4.82. The van der Waals surface area contributed by atoms with Crippen LogP contribution in [0.1, 0.15) is 41.6 Å². The summed E-state index contributed by atoms with van der Waals surface area (Å²) in [6.07, 6.45) is 4.56. The van der Waals surface area contributed by atoms with Crippen LogP contribution in [0.2, 0.25) is 0 Å². The quantitative estimate of drug-likeness (QED) is 0.764. The molecule has 0 saturated carbocycles. The van der Waals surface area contributed by atoms with E-state index in [0.29, 0.717) is 10.7 Å². The molecule has 0 radical (unpaired) electrons. The first-order valence-corrected chi connectivity index (χ1v) is 9.57. The van der Waals surface area contributed by atoms with Crippen molar-refractivity contribution in [1.82, 2.24) is 4.90 Å². The fourth-order valence-electron chi connectivity index (χ4n) is 3.14. The number of hydrogen-bond donors (Lipinski definition) is 2. The standard InChI is InChI=1S/C21H25N3OS/c1-16-10-12-17(13-11-16)22-21(26)23-19-9-5-4-8-18(19)20(25)24-14-6-2-3-7-15-24/h4-5,8-13H,2-3,6-7,14-15H2,1H3,(H2,22,23,26). The second-order valence-corrected chi connectivity index (χ2v) is 7.11. The first-order chi connectivity index (χ1) is 12.6. The van der Waals surface area contributed by atoms with Crippen molar-refractivity contribution in [2.24, 2.45) is 0 Å². The highest BCUT2D eigenvalue weighted by Gasteiger charge is 2.20. The number of anilines is 2. The van der Waals surface area contributed by atoms with Gasteiger partial charge in [0.05, 0.1) is 11.3 Å². The molecule has 1 heterocycles. The molecule has 0 aliphatic carbocycles. The number of likely N-dealkylation sites (tertiary alicyclic amines) is 1. The van der Waals surface area contributed by atoms with E-state index in [9.17, 15) is 4.79 Å². The van der Waals surface area contributed by atoms with Crippen LogP contribution in [-0.2, 0) is 0 Å². The number of rotatable bonds is 3. The number of para-hydroxylation sites is 1. The summed E-state index contributed by atoms with van der Waals surface area (Å²) in [6, 6.07) is 15.6. The van der Waals surface area contributed by atoms with Crippen molar-refractivity contribution in [2.75, 3.05) is 23.7 Å². The lowest BCUT2D eigenvalue weighted by molar-refractivity contribution is 0.0762. The van der Waals surface area contributed by atoms with Gasteiger partial charge in [0, 0.05) is 18.8 Å². The number of carbonyl (C=O) groups excluding carboxylic acids is 1. The van der Waals surface area contributed by atoms with E-state index in [1.54, 1.807) is 0 Å². The Morgan fingerprint density at radius 1 is 0.923 bits per heavy atom. The van der Waals surface area contributed by atoms with Crippen molar-refractivity contribution in [2.45, 2.75) is 32.6 Å². The molecule has 2 aromatic carbocycles. The SMILES string of the molecule is Cc1ccc(NC(=S)Nc2ccccc2C(=O)N2CCCCCC2)cc1. The summed E-state index contributed by atoms with van der Waals surface area (Å²) in [4.78, 5) is 14.9. The summed E-state index contributed by atoms with van der Waals surface area (Å²) in [5, 5.41) is 6.83. The van der Waals surface area contributed by atoms with Crippen molar-refractivity contribution in [3.05, 3.63) is 59.7 Å². The van der Waals surface area contributed by atoms with Gasteiger partial charge in [-0.25, -0.2) is 0 Å². The lowest BCUT2D eigenvalue weighted by atomic mass is 10.1. The minimum absolute atomic E-state index is 0.0770. The molecule has 1 amide bonds. The predicted molar refractivity (Wildman–Crippen MR) is 112 cm³/mol. The molecule has 0 aromatic heterocycles. The lowest BCUT2D eigenvalue weighted by Gasteiger charge is -2.22. The van der Waals surface area contributed by atoms with Gasteiger partial charge in [-0.05, 0) is 56.2 Å². The van der Waals surface area contributed by atoms with Crippen LogP contribution < -0.4 is 10.6 Å². The maximum atomic E-state index is 13.0. The third-order valence-corrected chi connectivity index (χ3v) is 4.81. The summed E-state index contributed by atoms with van der Waals surface area (Å²) in [5.74, 6) is 0.0770. The Balaban J connectivity index is 1.70. The second kappa shape index (κ2) is 8.81. The van der Waals surface area contributed by atoms with Gasteiger partial charge in [0.25, 0.3) is 5.91 Å². The summed E-state index contributed by atoms with van der Waals surface area (Å²) >= 11 is 5.43. The van der Waals surface area contributed by atoms with Gasteiger partial charge in [0.2, 0.25) is 0 Å². The summed E-state index contributed by atoms with van der Waals surface area (Å²) in [7, 11) is 0. The first-order valence-electron chi connectivity index (χ1n) is 9.16. The first kappa shape index (κ1) is 18.4. The topological polar surface area (TPSA) is 44.4 Å². The smallest absolute Gasteiger partial charge is 0.255 e. The van der Waals surface area contributed by atoms with E-state index in [-0.39, 0.29) is 5.91 Å². The van der Waals surface area contributed by atoms with Gasteiger partial charge >= 0.3 is 0 Å². The molecule has 2 aromatic rings. The molecule has 5 heteroatoms. The minimum Gasteiger partial charge on any atom is -0.339 e. The van der Waals surface area contributed by atoms with Crippen molar-refractivity contribution >= 4 is 34.6 Å². The van der Waals surface area contributed by atoms with Gasteiger partial charge in [-0.3, -0.25) is 4.79 Å². The van der Waals surface area contributed by atoms with E-state index in [0.717, 1.165) is 37.3 Å². The van der Waals surface area contributed by atoms with Gasteiger partial charge in [0.1, 0.15) is 0 Å². The molecule has 2 N–H and O–H groups in total. The van der Waals surface area contributed by atoms with Gasteiger partial charge in [0.15, 0.2) is 5.11 Å². The fraction of sp³-hybridized carbons (Fsp3) is 0.333. The van der Waals surface area contributed by atoms with Crippen LogP contribution >= 0.6 is 12.2 Å². The zero-order chi connectivity index (χ0) is 18.4. The largest absolute Gasteiger partial charge is 0.339 e. The van der Waals surface area contributed by atoms with E-state index in [1.807, 2.05) is 60.4 Å². The molecule has 26 heavy (non-hydrogen) atoms. The maximum Gasteiger partial charge on any atom is 0.255 e. The molecular weight excluding hydrogens is 342 g/mol. The highest BCUT2D eigenvalue weighted by Crippen LogP contribution is 2.20. The Hall–Kier alpha value is -2.40. The highest BCUT2D eigenvalue weighted by molar-refractivity contribution is 7.80. The summed E-state index contributed by atoms with van der Waals surface area (Å²) in [6.45, 7) is 3.71. The van der Waals surface area contributed by atoms with E-state index >= 15 is 0 Å². The molecule has 1 saturated heterocycles. The molecule has 1 aliphatic heterocycles. The number of carbonyl (C=O) groups is 1. The number of aryl methyl sites for hydroxylation is 1. The molecule has 0 spiro atoms. The average molecular weight is 368 g/mol. The van der Waals surface area contributed by atoms with E-state index in [4.69, 9.17) is 12.2 Å². The van der Waals surface area contributed by atoms with Gasteiger partial charge < -0.3 is 15.5 Å². The van der Waals surface area contributed by atoms with Crippen LogP contribution in [0.15, 0.2) is 48.5 Å². The number of benzene rings is 2. The molecule has 0 atom stereocenters. The van der Waals surface area contributed by atoms with E-state index in [2.05, 4.69) is 10.6 Å². The molecular formula is C21H25N3OS. The molecule has 4 nitrogen and oxygen atoms in total. The van der Waals surface area contributed by atoms with Gasteiger partial charge in [-0.2, -0.15) is 0 Å². The van der Waals surface area contributed by atoms with Crippen LogP contribution in [0.3, 0.4) is 0 Å². The Kier molecular flexibility index (Phi) is 6.23. The minimum atomic E-state index is 0.0770. The molecule has 1 aliphatic rings. The number of nitrogens with zero attached hydrogens (tertiary/aromatic N) is 1. The summed E-state index contributed by atoms with van der Waals surface area (Å²) < 4.78 is 0.